The minimum Gasteiger partial charge on any atom is -0.478 e. The van der Waals surface area contributed by atoms with Crippen molar-refractivity contribution in [1.82, 2.24) is 0 Å². The highest BCUT2D eigenvalue weighted by Gasteiger charge is 2.46. The van der Waals surface area contributed by atoms with Crippen molar-refractivity contribution in [2.24, 2.45) is 5.41 Å². The number of rotatable bonds is 2. The van der Waals surface area contributed by atoms with Gasteiger partial charge in [-0.2, -0.15) is 0 Å². The van der Waals surface area contributed by atoms with Gasteiger partial charge in [-0.1, -0.05) is 18.9 Å². The van der Waals surface area contributed by atoms with Crippen LogP contribution in [0.15, 0.2) is 18.2 Å². The summed E-state index contributed by atoms with van der Waals surface area (Å²) >= 11 is 0. The smallest absolute Gasteiger partial charge is 0.337 e. The maximum absolute atomic E-state index is 13.9. The number of benzene rings is 1. The lowest BCUT2D eigenvalue weighted by Crippen LogP contribution is -2.55. The lowest BCUT2D eigenvalue weighted by Gasteiger charge is -2.50. The Balaban J connectivity index is 1.87. The van der Waals surface area contributed by atoms with Gasteiger partial charge in [-0.05, 0) is 25.0 Å². The second kappa shape index (κ2) is 3.97. The van der Waals surface area contributed by atoms with Gasteiger partial charge in [0.25, 0.3) is 0 Å². The van der Waals surface area contributed by atoms with E-state index in [4.69, 9.17) is 5.11 Å². The van der Waals surface area contributed by atoms with Gasteiger partial charge in [-0.15, -0.1) is 0 Å². The van der Waals surface area contributed by atoms with Gasteiger partial charge < -0.3 is 10.0 Å². The number of anilines is 1. The van der Waals surface area contributed by atoms with Gasteiger partial charge in [0, 0.05) is 18.5 Å². The first-order valence-electron chi connectivity index (χ1n) is 6.38. The summed E-state index contributed by atoms with van der Waals surface area (Å²) in [7, 11) is 0. The van der Waals surface area contributed by atoms with E-state index in [9.17, 15) is 9.18 Å². The maximum atomic E-state index is 13.9. The number of aromatic carboxylic acids is 1. The highest BCUT2D eigenvalue weighted by Crippen LogP contribution is 2.47. The third-order valence-corrected chi connectivity index (χ3v) is 4.25. The minimum atomic E-state index is -1.06. The molecule has 1 saturated heterocycles. The molecular weight excluding hydrogens is 233 g/mol. The molecule has 1 aliphatic carbocycles. The van der Waals surface area contributed by atoms with Gasteiger partial charge in [-0.25, -0.2) is 9.18 Å². The van der Waals surface area contributed by atoms with Crippen LogP contribution in [0.1, 0.15) is 36.0 Å². The first-order chi connectivity index (χ1) is 8.61. The Bertz CT molecular complexity index is 487. The van der Waals surface area contributed by atoms with Gasteiger partial charge in [0.15, 0.2) is 0 Å². The molecule has 3 rings (SSSR count). The number of carboxylic acid groups (broad SMARTS) is 1. The molecule has 1 heterocycles. The summed E-state index contributed by atoms with van der Waals surface area (Å²) in [6, 6.07) is 4.26. The summed E-state index contributed by atoms with van der Waals surface area (Å²) in [4.78, 5) is 13.0. The first kappa shape index (κ1) is 11.5. The number of carboxylic acids is 1. The van der Waals surface area contributed by atoms with E-state index < -0.39 is 11.8 Å². The van der Waals surface area contributed by atoms with Crippen molar-refractivity contribution in [1.29, 1.82) is 0 Å². The molecule has 2 fully saturated rings. The van der Waals surface area contributed by atoms with Crippen LogP contribution >= 0.6 is 0 Å². The average molecular weight is 249 g/mol. The lowest BCUT2D eigenvalue weighted by atomic mass is 9.77. The highest BCUT2D eigenvalue weighted by molar-refractivity contribution is 5.94. The van der Waals surface area contributed by atoms with Crippen LogP contribution in [0.2, 0.25) is 0 Å². The predicted octanol–water partition coefficient (Wildman–Crippen LogP) is 2.90. The van der Waals surface area contributed by atoms with Crippen molar-refractivity contribution >= 4 is 11.7 Å². The van der Waals surface area contributed by atoms with E-state index >= 15 is 0 Å². The Hall–Kier alpha value is -1.58. The summed E-state index contributed by atoms with van der Waals surface area (Å²) in [6.45, 7) is 1.60. The SMILES string of the molecule is O=C(O)c1cccc(F)c1N1CC2(CCCC2)C1. The van der Waals surface area contributed by atoms with Crippen LogP contribution in [0.3, 0.4) is 0 Å². The van der Waals surface area contributed by atoms with E-state index in [1.807, 2.05) is 4.90 Å². The summed E-state index contributed by atoms with van der Waals surface area (Å²) in [5.74, 6) is -1.49. The van der Waals surface area contributed by atoms with Gasteiger partial charge in [0.05, 0.1) is 11.3 Å². The van der Waals surface area contributed by atoms with Crippen molar-refractivity contribution in [2.75, 3.05) is 18.0 Å². The Kier molecular flexibility index (Phi) is 2.54. The summed E-state index contributed by atoms with van der Waals surface area (Å²) < 4.78 is 13.9. The quantitative estimate of drug-likeness (QED) is 0.876. The predicted molar refractivity (Wildman–Crippen MR) is 66.5 cm³/mol. The van der Waals surface area contributed by atoms with Crippen LogP contribution in [0.25, 0.3) is 0 Å². The molecule has 0 radical (unpaired) electrons. The molecule has 1 aliphatic heterocycles. The Morgan fingerprint density at radius 1 is 1.28 bits per heavy atom. The van der Waals surface area contributed by atoms with E-state index in [1.54, 1.807) is 0 Å². The molecule has 3 nitrogen and oxygen atoms in total. The fourth-order valence-corrected chi connectivity index (χ4v) is 3.37. The highest BCUT2D eigenvalue weighted by atomic mass is 19.1. The van der Waals surface area contributed by atoms with E-state index in [0.717, 1.165) is 13.1 Å². The molecule has 0 unspecified atom stereocenters. The molecular formula is C14H16FNO2. The van der Waals surface area contributed by atoms with Crippen molar-refractivity contribution in [2.45, 2.75) is 25.7 Å². The summed E-state index contributed by atoms with van der Waals surface area (Å²) in [6.07, 6.45) is 4.88. The molecule has 96 valence electrons. The number of halogens is 1. The van der Waals surface area contributed by atoms with Crippen LogP contribution in [-0.2, 0) is 0 Å². The zero-order valence-corrected chi connectivity index (χ0v) is 10.2. The summed E-state index contributed by atoms with van der Waals surface area (Å²) in [5, 5.41) is 9.12. The van der Waals surface area contributed by atoms with Crippen LogP contribution in [0, 0.1) is 11.2 Å². The molecule has 0 aromatic heterocycles. The minimum absolute atomic E-state index is 0.0721. The number of hydrogen-bond acceptors (Lipinski definition) is 2. The van der Waals surface area contributed by atoms with Crippen molar-refractivity contribution in [3.8, 4) is 0 Å². The Morgan fingerprint density at radius 2 is 1.94 bits per heavy atom. The van der Waals surface area contributed by atoms with Crippen molar-refractivity contribution < 1.29 is 14.3 Å². The van der Waals surface area contributed by atoms with Crippen molar-refractivity contribution in [3.63, 3.8) is 0 Å². The molecule has 0 atom stereocenters. The largest absolute Gasteiger partial charge is 0.478 e. The van der Waals surface area contributed by atoms with Crippen LogP contribution < -0.4 is 4.90 Å². The second-order valence-corrected chi connectivity index (χ2v) is 5.50. The monoisotopic (exact) mass is 249 g/mol. The molecule has 1 spiro atoms. The van der Waals surface area contributed by atoms with Crippen LogP contribution in [0.5, 0.6) is 0 Å². The molecule has 0 bridgehead atoms. The fourth-order valence-electron chi connectivity index (χ4n) is 3.37. The van der Waals surface area contributed by atoms with Gasteiger partial charge >= 0.3 is 5.97 Å². The molecule has 1 aromatic rings. The van der Waals surface area contributed by atoms with Gasteiger partial charge in [-0.3, -0.25) is 0 Å². The molecule has 1 N–H and O–H groups in total. The first-order valence-corrected chi connectivity index (χ1v) is 6.38. The lowest BCUT2D eigenvalue weighted by molar-refractivity contribution is 0.0696. The third-order valence-electron chi connectivity index (χ3n) is 4.25. The molecule has 18 heavy (non-hydrogen) atoms. The Morgan fingerprint density at radius 3 is 2.56 bits per heavy atom. The standard InChI is InChI=1S/C14H16FNO2/c15-11-5-3-4-10(13(17)18)12(11)16-8-14(9-16)6-1-2-7-14/h3-5H,1-2,6-9H2,(H,17,18). The number of para-hydroxylation sites is 1. The number of carbonyl (C=O) groups is 1. The molecule has 2 aliphatic rings. The molecule has 1 saturated carbocycles. The maximum Gasteiger partial charge on any atom is 0.337 e. The van der Waals surface area contributed by atoms with E-state index in [0.29, 0.717) is 5.41 Å². The molecule has 0 amide bonds. The summed E-state index contributed by atoms with van der Waals surface area (Å²) in [5.41, 5.74) is 0.670. The number of nitrogens with zero attached hydrogens (tertiary/aromatic N) is 1. The van der Waals surface area contributed by atoms with E-state index in [-0.39, 0.29) is 11.3 Å². The second-order valence-electron chi connectivity index (χ2n) is 5.50. The van der Waals surface area contributed by atoms with Crippen LogP contribution in [-0.4, -0.2) is 24.2 Å². The van der Waals surface area contributed by atoms with Gasteiger partial charge in [0.2, 0.25) is 0 Å². The number of hydrogen-bond donors (Lipinski definition) is 1. The third kappa shape index (κ3) is 1.67. The zero-order chi connectivity index (χ0) is 12.8. The Labute approximate surface area is 105 Å². The van der Waals surface area contributed by atoms with Crippen molar-refractivity contribution in [3.05, 3.63) is 29.6 Å². The van der Waals surface area contributed by atoms with E-state index in [2.05, 4.69) is 0 Å². The topological polar surface area (TPSA) is 40.5 Å². The van der Waals surface area contributed by atoms with Crippen LogP contribution in [0.4, 0.5) is 10.1 Å². The average Bonchev–Trinajstić information content (AvgIpc) is 2.76. The zero-order valence-electron chi connectivity index (χ0n) is 10.2. The molecule has 1 aromatic carbocycles. The molecule has 4 heteroatoms. The van der Waals surface area contributed by atoms with Gasteiger partial charge in [0.1, 0.15) is 5.82 Å². The fraction of sp³-hybridized carbons (Fsp3) is 0.500. The normalized spacial score (nSPS) is 21.1. The van der Waals surface area contributed by atoms with E-state index in [1.165, 1.54) is 43.9 Å².